The van der Waals surface area contributed by atoms with Crippen molar-refractivity contribution in [2.75, 3.05) is 5.01 Å². The number of nitrogens with zero attached hydrogens (tertiary/aromatic N) is 5. The highest BCUT2D eigenvalue weighted by Crippen LogP contribution is 2.40. The van der Waals surface area contributed by atoms with Crippen molar-refractivity contribution in [3.63, 3.8) is 0 Å². The van der Waals surface area contributed by atoms with E-state index in [9.17, 15) is 19.5 Å². The Labute approximate surface area is 354 Å². The number of hydrazine groups is 1. The van der Waals surface area contributed by atoms with Gasteiger partial charge in [-0.2, -0.15) is 10.1 Å². The van der Waals surface area contributed by atoms with Crippen molar-refractivity contribution in [3.05, 3.63) is 104 Å². The fraction of sp³-hybridized carbons (Fsp3) is 0.419. The van der Waals surface area contributed by atoms with Crippen molar-refractivity contribution >= 4 is 81.1 Å². The maximum atomic E-state index is 14.3. The third-order valence-corrected chi connectivity index (χ3v) is 11.0. The summed E-state index contributed by atoms with van der Waals surface area (Å²) in [6.45, 7) is 2.25. The van der Waals surface area contributed by atoms with Crippen LogP contribution in [0.2, 0.25) is 15.1 Å². The molecule has 0 saturated carbocycles. The zero-order valence-electron chi connectivity index (χ0n) is 32.2. The largest absolute Gasteiger partial charge is 0.508 e. The molecule has 0 radical (unpaired) electrons. The number of imide groups is 1. The van der Waals surface area contributed by atoms with Crippen molar-refractivity contribution in [2.45, 2.75) is 115 Å². The number of hydrogen-bond acceptors (Lipinski definition) is 7. The fourth-order valence-electron chi connectivity index (χ4n) is 6.80. The van der Waals surface area contributed by atoms with Gasteiger partial charge >= 0.3 is 5.56 Å². The average molecular weight is 857 g/mol. The summed E-state index contributed by atoms with van der Waals surface area (Å²) in [6, 6.07) is 16.0. The Bertz CT molecular complexity index is 2040. The molecule has 1 unspecified atom stereocenters. The summed E-state index contributed by atoms with van der Waals surface area (Å²) in [7, 11) is 0. The molecule has 3 aromatic carbocycles. The Hall–Kier alpha value is -4.09. The van der Waals surface area contributed by atoms with Gasteiger partial charge in [-0.15, -0.1) is 16.7 Å². The number of halogens is 4. The molecule has 0 aliphatic carbocycles. The molecule has 1 aliphatic heterocycles. The summed E-state index contributed by atoms with van der Waals surface area (Å²) in [5.41, 5.74) is 0.608. The molecule has 2 N–H and O–H groups in total. The van der Waals surface area contributed by atoms with Gasteiger partial charge in [0.2, 0.25) is 11.8 Å². The third kappa shape index (κ3) is 12.2. The zero-order valence-corrected chi connectivity index (χ0v) is 35.3. The second-order valence-corrected chi connectivity index (χ2v) is 16.1. The molecule has 1 aromatic heterocycles. The second kappa shape index (κ2) is 22.2. The van der Waals surface area contributed by atoms with Gasteiger partial charge < -0.3 is 5.11 Å². The maximum Gasteiger partial charge on any atom is 0.301 e. The van der Waals surface area contributed by atoms with E-state index in [1.807, 2.05) is 12.1 Å². The van der Waals surface area contributed by atoms with E-state index in [0.717, 1.165) is 28.1 Å². The molecule has 304 valence electrons. The Morgan fingerprint density at radius 1 is 0.807 bits per heavy atom. The van der Waals surface area contributed by atoms with Crippen LogP contribution in [0.1, 0.15) is 109 Å². The minimum atomic E-state index is -0.722. The van der Waals surface area contributed by atoms with Crippen LogP contribution in [0.15, 0.2) is 87.8 Å². The summed E-state index contributed by atoms with van der Waals surface area (Å²) in [5.74, 6) is -0.955. The number of aromatic amines is 1. The van der Waals surface area contributed by atoms with E-state index < -0.39 is 17.4 Å². The normalized spacial score (nSPS) is 13.8. The van der Waals surface area contributed by atoms with Crippen molar-refractivity contribution in [3.8, 4) is 11.4 Å². The molecule has 0 bridgehead atoms. The quantitative estimate of drug-likeness (QED) is 0.0268. The Balaban J connectivity index is 1.38. The van der Waals surface area contributed by atoms with E-state index in [1.165, 1.54) is 106 Å². The number of alkyl halides is 1. The highest BCUT2D eigenvalue weighted by atomic mass is 35.5. The molecule has 0 spiro atoms. The Kier molecular flexibility index (Phi) is 17.1. The van der Waals surface area contributed by atoms with E-state index in [4.69, 9.17) is 46.4 Å². The number of hydrogen-bond donors (Lipinski definition) is 2. The maximum absolute atomic E-state index is 14.3. The fourth-order valence-corrected chi connectivity index (χ4v) is 8.07. The number of allylic oxidation sites excluding steroid dienone is 2. The number of benzene rings is 3. The first-order chi connectivity index (χ1) is 27.6. The third-order valence-electron chi connectivity index (χ3n) is 9.80. The monoisotopic (exact) mass is 854 g/mol. The van der Waals surface area contributed by atoms with Crippen molar-refractivity contribution < 1.29 is 14.7 Å². The summed E-state index contributed by atoms with van der Waals surface area (Å²) < 4.78 is 1.08. The van der Waals surface area contributed by atoms with Gasteiger partial charge in [0.15, 0.2) is 11.5 Å². The van der Waals surface area contributed by atoms with Crippen LogP contribution < -0.4 is 10.6 Å². The number of carbonyl (C=O) groups excluding carboxylic acids is 2. The van der Waals surface area contributed by atoms with Crippen molar-refractivity contribution in [2.24, 2.45) is 10.2 Å². The number of aromatic nitrogens is 2. The molecular formula is C43H50Cl4N6O4. The van der Waals surface area contributed by atoms with Gasteiger partial charge in [0.05, 0.1) is 21.4 Å². The summed E-state index contributed by atoms with van der Waals surface area (Å²) in [5, 5.41) is 23.9. The lowest BCUT2D eigenvalue weighted by Crippen LogP contribution is -2.44. The number of phenols is 1. The first-order valence-corrected chi connectivity index (χ1v) is 21.4. The minimum Gasteiger partial charge on any atom is -0.508 e. The molecular weight excluding hydrogens is 806 g/mol. The van der Waals surface area contributed by atoms with Crippen LogP contribution in [0, 0.1) is 0 Å². The molecule has 1 aliphatic rings. The number of rotatable bonds is 22. The van der Waals surface area contributed by atoms with Crippen LogP contribution in [0.25, 0.3) is 5.69 Å². The molecule has 1 atom stereocenters. The highest BCUT2D eigenvalue weighted by Gasteiger charge is 2.39. The lowest BCUT2D eigenvalue weighted by atomic mass is 10.0. The van der Waals surface area contributed by atoms with Gasteiger partial charge in [-0.05, 0) is 80.1 Å². The van der Waals surface area contributed by atoms with E-state index in [2.05, 4.69) is 34.4 Å². The zero-order chi connectivity index (χ0) is 40.7. The first-order valence-electron chi connectivity index (χ1n) is 19.8. The van der Waals surface area contributed by atoms with E-state index in [1.54, 1.807) is 12.1 Å². The van der Waals surface area contributed by atoms with Gasteiger partial charge in [0.1, 0.15) is 11.4 Å². The number of anilines is 2. The number of aromatic hydroxyl groups is 1. The summed E-state index contributed by atoms with van der Waals surface area (Å²) in [6.07, 6.45) is 20.5. The van der Waals surface area contributed by atoms with Gasteiger partial charge in [-0.3, -0.25) is 19.5 Å². The van der Waals surface area contributed by atoms with Crippen molar-refractivity contribution in [1.82, 2.24) is 14.8 Å². The van der Waals surface area contributed by atoms with Crippen LogP contribution in [-0.4, -0.2) is 37.1 Å². The van der Waals surface area contributed by atoms with E-state index in [0.29, 0.717) is 24.2 Å². The molecule has 4 aromatic rings. The van der Waals surface area contributed by atoms with Crippen LogP contribution in [0.3, 0.4) is 0 Å². The SMILES string of the molecule is CCCCCCCCCCCCC=CCCC(Cl)Cc1ccccc1N(c1[nH]n(-c2c(Cl)cc(Cl)cc2Cl)c(=O)c1N=Nc1ccc(O)cc1)N1C(=O)CCC1=O. The van der Waals surface area contributed by atoms with E-state index in [-0.39, 0.29) is 56.2 Å². The molecule has 2 amide bonds. The van der Waals surface area contributed by atoms with Gasteiger partial charge in [-0.25, -0.2) is 9.69 Å². The number of nitrogens with one attached hydrogen (secondary N) is 1. The van der Waals surface area contributed by atoms with Crippen molar-refractivity contribution in [1.29, 1.82) is 0 Å². The molecule has 2 heterocycles. The molecule has 5 rings (SSSR count). The van der Waals surface area contributed by atoms with Crippen LogP contribution in [0.5, 0.6) is 5.75 Å². The Morgan fingerprint density at radius 2 is 1.40 bits per heavy atom. The predicted molar refractivity (Wildman–Crippen MR) is 232 cm³/mol. The highest BCUT2D eigenvalue weighted by molar-refractivity contribution is 6.40. The van der Waals surface area contributed by atoms with E-state index >= 15 is 0 Å². The average Bonchev–Trinajstić information content (AvgIpc) is 3.68. The molecule has 10 nitrogen and oxygen atoms in total. The Morgan fingerprint density at radius 3 is 2.05 bits per heavy atom. The van der Waals surface area contributed by atoms with Crippen LogP contribution >= 0.6 is 46.4 Å². The second-order valence-electron chi connectivity index (χ2n) is 14.2. The number of amides is 2. The number of phenolic OH excluding ortho intramolecular Hbond substituents is 1. The number of carbonyl (C=O) groups is 2. The molecule has 14 heteroatoms. The lowest BCUT2D eigenvalue weighted by molar-refractivity contribution is -0.138. The number of para-hydroxylation sites is 1. The number of H-pyrrole nitrogens is 1. The number of unbranched alkanes of at least 4 members (excludes halogenated alkanes) is 10. The first kappa shape index (κ1) is 44.0. The topological polar surface area (TPSA) is 123 Å². The minimum absolute atomic E-state index is 0.0226. The van der Waals surface area contributed by atoms with Gasteiger partial charge in [-0.1, -0.05) is 130 Å². The standard InChI is InChI=1S/C43H50Cl4N6O4/c1-2-3-4-5-6-7-8-9-10-11-12-13-14-15-19-31(44)27-30-18-16-17-20-37(30)52(53-38(55)25-26-39(53)56)42-40(49-48-33-21-23-34(54)24-22-33)43(57)51(50-42)41-35(46)28-32(45)29-36(41)47/h13-14,16-18,20-24,28-29,31,50,54H,2-12,15,19,25-27H2,1H3. The number of azo groups is 1. The van der Waals surface area contributed by atoms with Crippen LogP contribution in [-0.2, 0) is 16.0 Å². The summed E-state index contributed by atoms with van der Waals surface area (Å²) >= 11 is 26.3. The summed E-state index contributed by atoms with van der Waals surface area (Å²) in [4.78, 5) is 41.3. The van der Waals surface area contributed by atoms with Gasteiger partial charge in [0.25, 0.3) is 0 Å². The predicted octanol–water partition coefficient (Wildman–Crippen LogP) is 13.2. The lowest BCUT2D eigenvalue weighted by Gasteiger charge is -2.32. The van der Waals surface area contributed by atoms with Gasteiger partial charge in [0, 0.05) is 23.2 Å². The smallest absolute Gasteiger partial charge is 0.301 e. The van der Waals surface area contributed by atoms with Crippen LogP contribution in [0.4, 0.5) is 22.9 Å². The molecule has 1 saturated heterocycles. The molecule has 57 heavy (non-hydrogen) atoms. The molecule has 1 fully saturated rings.